The number of rotatable bonds is 0. The second-order valence-electron chi connectivity index (χ2n) is 2.35. The van der Waals surface area contributed by atoms with Gasteiger partial charge in [0.1, 0.15) is 11.3 Å². The molecule has 3 radical (unpaired) electrons. The van der Waals surface area contributed by atoms with E-state index < -0.39 is 0 Å². The first-order chi connectivity index (χ1) is 5.38. The predicted molar refractivity (Wildman–Crippen MR) is 52.8 cm³/mol. The van der Waals surface area contributed by atoms with E-state index in [1.165, 1.54) is 0 Å². The number of hydrogen-bond acceptors (Lipinski definition) is 2. The summed E-state index contributed by atoms with van der Waals surface area (Å²) in [5.74, 6) is 0.239. The Morgan fingerprint density at radius 1 is 1.08 bits per heavy atom. The van der Waals surface area contributed by atoms with Gasteiger partial charge in [0.2, 0.25) is 0 Å². The van der Waals surface area contributed by atoms with Crippen LogP contribution in [-0.4, -0.2) is 32.9 Å². The monoisotopic (exact) mass is 190 g/mol. The van der Waals surface area contributed by atoms with Crippen LogP contribution in [0.25, 0.3) is 10.9 Å². The third kappa shape index (κ3) is 2.19. The van der Waals surface area contributed by atoms with E-state index >= 15 is 0 Å². The van der Waals surface area contributed by atoms with Crippen LogP contribution in [0.4, 0.5) is 0 Å². The maximum Gasteiger partial charge on any atom is 0.141 e. The molecule has 0 atom stereocenters. The molecule has 0 unspecified atom stereocenters. The molecule has 0 amide bonds. The van der Waals surface area contributed by atoms with E-state index in [0.717, 1.165) is 5.39 Å². The number of para-hydroxylation sites is 1. The Bertz CT molecular complexity index is 387. The van der Waals surface area contributed by atoms with Gasteiger partial charge in [-0.3, -0.25) is 4.98 Å². The van der Waals surface area contributed by atoms with Crippen LogP contribution in [0.5, 0.6) is 5.75 Å². The highest BCUT2D eigenvalue weighted by Gasteiger charge is 1.96. The molecule has 1 aromatic carbocycles. The van der Waals surface area contributed by atoms with E-state index in [2.05, 4.69) is 4.98 Å². The van der Waals surface area contributed by atoms with Gasteiger partial charge in [-0.1, -0.05) is 18.2 Å². The summed E-state index contributed by atoms with van der Waals surface area (Å²) in [5.41, 5.74) is 0.662. The van der Waals surface area contributed by atoms with Crippen molar-refractivity contribution in [2.24, 2.45) is 0 Å². The largest absolute Gasteiger partial charge is 0.506 e. The number of benzene rings is 1. The minimum Gasteiger partial charge on any atom is -0.506 e. The smallest absolute Gasteiger partial charge is 0.141 e. The van der Waals surface area contributed by atoms with Gasteiger partial charge in [0, 0.05) is 28.9 Å². The Kier molecular flexibility index (Phi) is 4.43. The lowest BCUT2D eigenvalue weighted by molar-refractivity contribution is 0.480. The van der Waals surface area contributed by atoms with E-state index in [0.29, 0.717) is 5.52 Å². The summed E-state index contributed by atoms with van der Waals surface area (Å²) in [5, 5.41) is 10.3. The molecule has 2 rings (SSSR count). The Hall–Kier alpha value is -1.08. The molecule has 3 N–H and O–H groups in total. The highest BCUT2D eigenvalue weighted by atomic mass is 27.0. The molecular formula is C9H9AlNO2. The summed E-state index contributed by atoms with van der Waals surface area (Å²) in [6.45, 7) is 0. The maximum atomic E-state index is 9.31. The van der Waals surface area contributed by atoms with E-state index in [4.69, 9.17) is 0 Å². The third-order valence-corrected chi connectivity index (χ3v) is 1.61. The molecule has 4 heteroatoms. The fourth-order valence-electron chi connectivity index (χ4n) is 1.09. The summed E-state index contributed by atoms with van der Waals surface area (Å²) in [6, 6.07) is 9.13. The number of pyridine rings is 1. The number of phenolic OH excluding ortho intramolecular Hbond substituents is 1. The van der Waals surface area contributed by atoms with E-state index in [1.54, 1.807) is 18.3 Å². The van der Waals surface area contributed by atoms with Crippen molar-refractivity contribution in [3.8, 4) is 5.75 Å². The van der Waals surface area contributed by atoms with Crippen LogP contribution >= 0.6 is 0 Å². The predicted octanol–water partition coefficient (Wildman–Crippen LogP) is 0.735. The Morgan fingerprint density at radius 2 is 1.77 bits per heavy atom. The van der Waals surface area contributed by atoms with Crippen LogP contribution in [0.3, 0.4) is 0 Å². The number of aromatic nitrogens is 1. The summed E-state index contributed by atoms with van der Waals surface area (Å²) in [4.78, 5) is 4.03. The number of fused-ring (bicyclic) bond motifs is 1. The zero-order valence-corrected chi connectivity index (χ0v) is 8.09. The lowest BCUT2D eigenvalue weighted by atomic mass is 10.2. The number of nitrogens with zero attached hydrogens (tertiary/aromatic N) is 1. The average Bonchev–Trinajstić information content (AvgIpc) is 2.06. The van der Waals surface area contributed by atoms with Crippen molar-refractivity contribution in [2.75, 3.05) is 0 Å². The van der Waals surface area contributed by atoms with Crippen molar-refractivity contribution in [1.82, 2.24) is 4.98 Å². The second-order valence-corrected chi connectivity index (χ2v) is 2.35. The Morgan fingerprint density at radius 3 is 2.46 bits per heavy atom. The molecule has 65 valence electrons. The standard InChI is InChI=1S/C9H7NO.Al.H2O/c11-8-5-1-3-7-4-2-6-10-9(7)8;;/h1-6,11H;;1H2. The normalized spacial score (nSPS) is 8.62. The molecular weight excluding hydrogens is 181 g/mol. The van der Waals surface area contributed by atoms with Gasteiger partial charge in [-0.05, 0) is 12.1 Å². The van der Waals surface area contributed by atoms with Crippen molar-refractivity contribution in [3.63, 3.8) is 0 Å². The minimum absolute atomic E-state index is 0. The number of phenols is 1. The van der Waals surface area contributed by atoms with E-state index in [1.807, 2.05) is 18.2 Å². The van der Waals surface area contributed by atoms with Gasteiger partial charge in [-0.25, -0.2) is 0 Å². The quantitative estimate of drug-likeness (QED) is 0.622. The van der Waals surface area contributed by atoms with Crippen molar-refractivity contribution >= 4 is 28.3 Å². The molecule has 2 aromatic rings. The van der Waals surface area contributed by atoms with Gasteiger partial charge in [-0.2, -0.15) is 0 Å². The summed E-state index contributed by atoms with van der Waals surface area (Å²) in [7, 11) is 0. The molecule has 0 fully saturated rings. The second kappa shape index (κ2) is 4.83. The molecule has 0 aliphatic heterocycles. The molecule has 0 aliphatic rings. The van der Waals surface area contributed by atoms with E-state index in [9.17, 15) is 5.11 Å². The molecule has 13 heavy (non-hydrogen) atoms. The van der Waals surface area contributed by atoms with Crippen LogP contribution < -0.4 is 0 Å². The molecule has 1 heterocycles. The minimum atomic E-state index is 0. The van der Waals surface area contributed by atoms with Crippen LogP contribution in [-0.2, 0) is 0 Å². The van der Waals surface area contributed by atoms with Crippen LogP contribution in [0, 0.1) is 0 Å². The van der Waals surface area contributed by atoms with Gasteiger partial charge >= 0.3 is 0 Å². The number of aromatic hydroxyl groups is 1. The van der Waals surface area contributed by atoms with Gasteiger partial charge in [0.15, 0.2) is 0 Å². The van der Waals surface area contributed by atoms with Gasteiger partial charge in [0.25, 0.3) is 0 Å². The maximum absolute atomic E-state index is 9.31. The molecule has 1 aromatic heterocycles. The van der Waals surface area contributed by atoms with Gasteiger partial charge in [0.05, 0.1) is 0 Å². The number of hydrogen-bond donors (Lipinski definition) is 1. The van der Waals surface area contributed by atoms with Gasteiger partial charge < -0.3 is 10.6 Å². The molecule has 0 saturated carbocycles. The van der Waals surface area contributed by atoms with Crippen LogP contribution in [0.15, 0.2) is 36.5 Å². The first-order valence-corrected chi connectivity index (χ1v) is 3.40. The van der Waals surface area contributed by atoms with Gasteiger partial charge in [-0.15, -0.1) is 0 Å². The lowest BCUT2D eigenvalue weighted by Gasteiger charge is -1.96. The summed E-state index contributed by atoms with van der Waals surface area (Å²) in [6.07, 6.45) is 1.67. The first-order valence-electron chi connectivity index (χ1n) is 3.40. The van der Waals surface area contributed by atoms with E-state index in [-0.39, 0.29) is 28.6 Å². The zero-order valence-electron chi connectivity index (χ0n) is 6.94. The summed E-state index contributed by atoms with van der Waals surface area (Å²) < 4.78 is 0. The highest BCUT2D eigenvalue weighted by molar-refractivity contribution is 5.83. The third-order valence-electron chi connectivity index (χ3n) is 1.61. The fraction of sp³-hybridized carbons (Fsp3) is 0. The molecule has 0 bridgehead atoms. The molecule has 3 nitrogen and oxygen atoms in total. The SMILES string of the molecule is O.Oc1cccc2cccnc12.[Al]. The average molecular weight is 190 g/mol. The van der Waals surface area contributed by atoms with Crippen molar-refractivity contribution in [1.29, 1.82) is 0 Å². The van der Waals surface area contributed by atoms with Crippen LogP contribution in [0.1, 0.15) is 0 Å². The fourth-order valence-corrected chi connectivity index (χ4v) is 1.09. The van der Waals surface area contributed by atoms with Crippen molar-refractivity contribution in [2.45, 2.75) is 0 Å². The highest BCUT2D eigenvalue weighted by Crippen LogP contribution is 2.20. The Balaban J connectivity index is 0.000000720. The van der Waals surface area contributed by atoms with Crippen LogP contribution in [0.2, 0.25) is 0 Å². The molecule has 0 saturated heterocycles. The Labute approximate surface area is 86.5 Å². The molecule has 0 aliphatic carbocycles. The zero-order chi connectivity index (χ0) is 7.68. The molecule has 0 spiro atoms. The van der Waals surface area contributed by atoms with Crippen molar-refractivity contribution < 1.29 is 10.6 Å². The first kappa shape index (κ1) is 11.9. The van der Waals surface area contributed by atoms with Crippen molar-refractivity contribution in [3.05, 3.63) is 36.5 Å². The topological polar surface area (TPSA) is 64.6 Å². The summed E-state index contributed by atoms with van der Waals surface area (Å²) >= 11 is 0. The lowest BCUT2D eigenvalue weighted by Crippen LogP contribution is -1.76.